The molecule has 0 bridgehead atoms. The van der Waals surface area contributed by atoms with Crippen LogP contribution in [0.5, 0.6) is 0 Å². The van der Waals surface area contributed by atoms with Gasteiger partial charge in [-0.25, -0.2) is 14.8 Å². The van der Waals surface area contributed by atoms with Crippen LogP contribution >= 0.6 is 11.6 Å². The van der Waals surface area contributed by atoms with Gasteiger partial charge in [0.05, 0.1) is 19.3 Å². The van der Waals surface area contributed by atoms with E-state index in [-0.39, 0.29) is 11.5 Å². The van der Waals surface area contributed by atoms with Gasteiger partial charge in [0.25, 0.3) is 0 Å². The minimum atomic E-state index is -0.496. The predicted octanol–water partition coefficient (Wildman–Crippen LogP) is 2.61. The van der Waals surface area contributed by atoms with Gasteiger partial charge in [0.2, 0.25) is 11.9 Å². The van der Waals surface area contributed by atoms with Crippen molar-refractivity contribution in [3.05, 3.63) is 53.1 Å². The Balaban J connectivity index is 1.22. The lowest BCUT2D eigenvalue weighted by Gasteiger charge is -2.60. The van der Waals surface area contributed by atoms with Gasteiger partial charge in [-0.05, 0) is 42.7 Å². The first-order chi connectivity index (χ1) is 16.5. The van der Waals surface area contributed by atoms with Crippen LogP contribution in [0, 0.1) is 5.41 Å². The Kier molecular flexibility index (Phi) is 4.01. The van der Waals surface area contributed by atoms with Gasteiger partial charge in [-0.2, -0.15) is 0 Å². The lowest BCUT2D eigenvalue weighted by atomic mass is 9.73. The van der Waals surface area contributed by atoms with Gasteiger partial charge < -0.3 is 14.5 Å². The van der Waals surface area contributed by atoms with E-state index in [0.29, 0.717) is 11.6 Å². The zero-order valence-electron chi connectivity index (χ0n) is 18.7. The van der Waals surface area contributed by atoms with Crippen LogP contribution in [0.4, 0.5) is 16.7 Å². The highest BCUT2D eigenvalue weighted by atomic mass is 35.5. The summed E-state index contributed by atoms with van der Waals surface area (Å²) in [6.45, 7) is 4.07. The van der Waals surface area contributed by atoms with Crippen molar-refractivity contribution in [1.82, 2.24) is 29.6 Å². The SMILES string of the molecule is COC(=O)N1Cc2cc(Cl)ccc2-n2c(N3CC4(CN(c5ncccn5)C4)C3)nnc2C12CC2. The van der Waals surface area contributed by atoms with E-state index in [1.807, 2.05) is 24.3 Å². The molecule has 10 nitrogen and oxygen atoms in total. The molecule has 0 N–H and O–H groups in total. The van der Waals surface area contributed by atoms with Crippen LogP contribution in [-0.2, 0) is 16.8 Å². The van der Waals surface area contributed by atoms with Crippen LogP contribution in [0.15, 0.2) is 36.7 Å². The summed E-state index contributed by atoms with van der Waals surface area (Å²) in [6.07, 6.45) is 4.86. The van der Waals surface area contributed by atoms with Crippen molar-refractivity contribution in [2.75, 3.05) is 43.1 Å². The molecule has 5 heterocycles. The number of amides is 1. The first-order valence-corrected chi connectivity index (χ1v) is 11.8. The van der Waals surface area contributed by atoms with Crippen LogP contribution < -0.4 is 9.80 Å². The molecule has 1 amide bonds. The molecule has 2 spiro atoms. The van der Waals surface area contributed by atoms with Crippen LogP contribution in [-0.4, -0.2) is 69.0 Å². The molecule has 1 aromatic carbocycles. The number of anilines is 2. The average molecular weight is 479 g/mol. The first kappa shape index (κ1) is 20.0. The second-order valence-corrected chi connectivity index (χ2v) is 10.2. The maximum absolute atomic E-state index is 12.8. The molecule has 3 aromatic rings. The highest BCUT2D eigenvalue weighted by molar-refractivity contribution is 6.30. The maximum atomic E-state index is 12.8. The molecule has 2 saturated heterocycles. The lowest BCUT2D eigenvalue weighted by Crippen LogP contribution is -2.73. The number of carbonyl (C=O) groups is 1. The predicted molar refractivity (Wildman–Crippen MR) is 124 cm³/mol. The summed E-state index contributed by atoms with van der Waals surface area (Å²) in [6, 6.07) is 7.63. The van der Waals surface area contributed by atoms with Crippen LogP contribution in [0.3, 0.4) is 0 Å². The summed E-state index contributed by atoms with van der Waals surface area (Å²) in [5.41, 5.74) is 1.64. The zero-order valence-corrected chi connectivity index (χ0v) is 19.4. The van der Waals surface area contributed by atoms with Crippen molar-refractivity contribution in [3.8, 4) is 5.69 Å². The Morgan fingerprint density at radius 1 is 1.06 bits per heavy atom. The van der Waals surface area contributed by atoms with Gasteiger partial charge in [-0.3, -0.25) is 9.47 Å². The van der Waals surface area contributed by atoms with E-state index < -0.39 is 5.54 Å². The third kappa shape index (κ3) is 2.71. The minimum absolute atomic E-state index is 0.217. The van der Waals surface area contributed by atoms with Crippen molar-refractivity contribution in [1.29, 1.82) is 0 Å². The van der Waals surface area contributed by atoms with Crippen molar-refractivity contribution in [3.63, 3.8) is 0 Å². The van der Waals surface area contributed by atoms with Crippen molar-refractivity contribution >= 4 is 29.6 Å². The number of benzene rings is 1. The normalized spacial score (nSPS) is 20.8. The van der Waals surface area contributed by atoms with Gasteiger partial charge >= 0.3 is 6.09 Å². The smallest absolute Gasteiger partial charge is 0.410 e. The topological polar surface area (TPSA) is 92.5 Å². The van der Waals surface area contributed by atoms with Gasteiger partial charge in [0, 0.05) is 49.0 Å². The van der Waals surface area contributed by atoms with Crippen molar-refractivity contribution in [2.24, 2.45) is 5.41 Å². The maximum Gasteiger partial charge on any atom is 0.410 e. The van der Waals surface area contributed by atoms with E-state index in [1.165, 1.54) is 7.11 Å². The van der Waals surface area contributed by atoms with Crippen molar-refractivity contribution < 1.29 is 9.53 Å². The Labute approximate surface area is 201 Å². The molecule has 11 heteroatoms. The number of halogens is 1. The molecule has 1 saturated carbocycles. The summed E-state index contributed by atoms with van der Waals surface area (Å²) in [5.74, 6) is 2.40. The van der Waals surface area contributed by atoms with Crippen LogP contribution in [0.2, 0.25) is 5.02 Å². The fourth-order valence-corrected chi connectivity index (χ4v) is 5.97. The number of hydrogen-bond donors (Lipinski definition) is 0. The number of ether oxygens (including phenoxy) is 1. The number of methoxy groups -OCH3 is 1. The first-order valence-electron chi connectivity index (χ1n) is 11.4. The Morgan fingerprint density at radius 3 is 2.50 bits per heavy atom. The Morgan fingerprint density at radius 2 is 1.79 bits per heavy atom. The Hall–Kier alpha value is -3.40. The average Bonchev–Trinajstić information content (AvgIpc) is 3.50. The number of hydrogen-bond acceptors (Lipinski definition) is 8. The largest absolute Gasteiger partial charge is 0.453 e. The summed E-state index contributed by atoms with van der Waals surface area (Å²) in [5, 5.41) is 9.90. The molecule has 4 aliphatic rings. The molecule has 0 unspecified atom stereocenters. The highest BCUT2D eigenvalue weighted by Gasteiger charge is 2.59. The molecule has 2 aromatic heterocycles. The fraction of sp³-hybridized carbons (Fsp3) is 0.435. The van der Waals surface area contributed by atoms with E-state index in [9.17, 15) is 4.79 Å². The van der Waals surface area contributed by atoms with E-state index in [4.69, 9.17) is 16.3 Å². The number of carbonyl (C=O) groups excluding carboxylic acids is 1. The third-order valence-electron chi connectivity index (χ3n) is 7.53. The minimum Gasteiger partial charge on any atom is -0.453 e. The van der Waals surface area contributed by atoms with Crippen molar-refractivity contribution in [2.45, 2.75) is 24.9 Å². The van der Waals surface area contributed by atoms with Gasteiger partial charge in [-0.1, -0.05) is 11.6 Å². The molecule has 3 aliphatic heterocycles. The summed E-state index contributed by atoms with van der Waals surface area (Å²) in [4.78, 5) is 27.8. The molecular weight excluding hydrogens is 456 g/mol. The molecule has 1 aliphatic carbocycles. The summed E-state index contributed by atoms with van der Waals surface area (Å²) in [7, 11) is 1.42. The second-order valence-electron chi connectivity index (χ2n) is 9.78. The molecular formula is C23H23ClN8O2. The molecule has 174 valence electrons. The van der Waals surface area contributed by atoms with E-state index in [1.54, 1.807) is 17.3 Å². The van der Waals surface area contributed by atoms with E-state index >= 15 is 0 Å². The van der Waals surface area contributed by atoms with E-state index in [2.05, 4.69) is 34.5 Å². The molecule has 3 fully saturated rings. The Bertz CT molecular complexity index is 1290. The van der Waals surface area contributed by atoms with Gasteiger partial charge in [0.15, 0.2) is 5.82 Å². The standard InChI is InChI=1S/C23H23ClN8O2/c1-34-21(33)31-10-15-9-16(24)3-4-17(15)32-18(23(31)5-6-23)27-28-20(32)30-13-22(14-30)11-29(12-22)19-25-7-2-8-26-19/h2-4,7-9H,5-6,10-14H2,1H3. The fourth-order valence-electron chi connectivity index (χ4n) is 5.77. The number of fused-ring (bicyclic) bond motifs is 4. The van der Waals surface area contributed by atoms with Gasteiger partial charge in [-0.15, -0.1) is 10.2 Å². The zero-order chi connectivity index (χ0) is 23.1. The monoisotopic (exact) mass is 478 g/mol. The summed E-state index contributed by atoms with van der Waals surface area (Å²) >= 11 is 6.35. The molecule has 0 radical (unpaired) electrons. The molecule has 34 heavy (non-hydrogen) atoms. The highest BCUT2D eigenvalue weighted by Crippen LogP contribution is 2.54. The van der Waals surface area contributed by atoms with E-state index in [0.717, 1.165) is 68.0 Å². The second kappa shape index (κ2) is 6.82. The van der Waals surface area contributed by atoms with Gasteiger partial charge in [0.1, 0.15) is 5.54 Å². The molecule has 7 rings (SSSR count). The third-order valence-corrected chi connectivity index (χ3v) is 7.77. The van der Waals surface area contributed by atoms with Crippen LogP contribution in [0.25, 0.3) is 5.69 Å². The molecule has 0 atom stereocenters. The quantitative estimate of drug-likeness (QED) is 0.555. The number of aromatic nitrogens is 5. The number of nitrogens with zero attached hydrogens (tertiary/aromatic N) is 8. The van der Waals surface area contributed by atoms with Crippen LogP contribution in [0.1, 0.15) is 24.2 Å². The number of rotatable bonds is 2. The lowest BCUT2D eigenvalue weighted by molar-refractivity contribution is 0.0918. The summed E-state index contributed by atoms with van der Waals surface area (Å²) < 4.78 is 7.27.